The van der Waals surface area contributed by atoms with Crippen LogP contribution in [0.25, 0.3) is 0 Å². The summed E-state index contributed by atoms with van der Waals surface area (Å²) < 4.78 is 4.25. The molecule has 1 N–H and O–H groups in total. The van der Waals surface area contributed by atoms with E-state index in [1.54, 1.807) is 0 Å². The molecule has 1 aliphatic rings. The molecule has 0 radical (unpaired) electrons. The van der Waals surface area contributed by atoms with Crippen LogP contribution in [0.5, 0.6) is 0 Å². The van der Waals surface area contributed by atoms with E-state index < -0.39 is 0 Å². The third-order valence-corrected chi connectivity index (χ3v) is 4.72. The number of aromatic nitrogens is 1. The number of nitriles is 1. The van der Waals surface area contributed by atoms with E-state index in [1.165, 1.54) is 50.1 Å². The topological polar surface area (TPSA) is 48.7 Å². The van der Waals surface area contributed by atoms with Gasteiger partial charge in [-0.2, -0.15) is 9.64 Å². The molecule has 0 atom stereocenters. The third-order valence-electron chi connectivity index (χ3n) is 3.85. The normalized spacial score (nSPS) is 23.6. The van der Waals surface area contributed by atoms with E-state index >= 15 is 0 Å². The van der Waals surface area contributed by atoms with Gasteiger partial charge in [0, 0.05) is 6.04 Å². The summed E-state index contributed by atoms with van der Waals surface area (Å²) in [5.41, 5.74) is 1.58. The van der Waals surface area contributed by atoms with Crippen LogP contribution in [0.2, 0.25) is 0 Å². The van der Waals surface area contributed by atoms with E-state index in [-0.39, 0.29) is 0 Å². The van der Waals surface area contributed by atoms with Gasteiger partial charge in [-0.15, -0.1) is 0 Å². The molecule has 1 aliphatic carbocycles. The fourth-order valence-corrected chi connectivity index (χ4v) is 3.61. The Bertz CT molecular complexity index is 425. The van der Waals surface area contributed by atoms with Gasteiger partial charge in [0.2, 0.25) is 0 Å². The number of hydrogen-bond acceptors (Lipinski definition) is 4. The number of nitrogens with zero attached hydrogens (tertiary/aromatic N) is 2. The lowest BCUT2D eigenvalue weighted by atomic mass is 9.83. The van der Waals surface area contributed by atoms with Crippen LogP contribution in [0.3, 0.4) is 0 Å². The second kappa shape index (κ2) is 6.19. The van der Waals surface area contributed by atoms with Gasteiger partial charge in [0.1, 0.15) is 16.6 Å². The Morgan fingerprint density at radius 1 is 1.39 bits per heavy atom. The summed E-state index contributed by atoms with van der Waals surface area (Å²) in [5.74, 6) is 0.923. The van der Waals surface area contributed by atoms with Crippen molar-refractivity contribution in [1.82, 2.24) is 4.37 Å². The highest BCUT2D eigenvalue weighted by atomic mass is 32.1. The number of nitrogens with one attached hydrogen (secondary N) is 1. The highest BCUT2D eigenvalue weighted by Crippen LogP contribution is 2.31. The van der Waals surface area contributed by atoms with Crippen molar-refractivity contribution < 1.29 is 0 Å². The molecular weight excluding hydrogens is 242 g/mol. The van der Waals surface area contributed by atoms with Gasteiger partial charge in [0.25, 0.3) is 0 Å². The predicted octanol–water partition coefficient (Wildman–Crippen LogP) is 4.09. The van der Waals surface area contributed by atoms with Crippen molar-refractivity contribution in [2.75, 3.05) is 5.32 Å². The molecule has 0 aliphatic heterocycles. The van der Waals surface area contributed by atoms with Crippen molar-refractivity contribution in [2.45, 2.75) is 58.4 Å². The Hall–Kier alpha value is -1.08. The van der Waals surface area contributed by atoms with Crippen molar-refractivity contribution in [3.63, 3.8) is 0 Å². The molecule has 0 spiro atoms. The second-order valence-corrected chi connectivity index (χ2v) is 6.01. The van der Waals surface area contributed by atoms with Gasteiger partial charge >= 0.3 is 0 Å². The Morgan fingerprint density at radius 2 is 2.11 bits per heavy atom. The summed E-state index contributed by atoms with van der Waals surface area (Å²) in [5, 5.41) is 13.6. The van der Waals surface area contributed by atoms with Crippen molar-refractivity contribution in [1.29, 1.82) is 5.26 Å². The van der Waals surface area contributed by atoms with E-state index in [4.69, 9.17) is 5.26 Å². The van der Waals surface area contributed by atoms with Crippen LogP contribution < -0.4 is 5.32 Å². The average molecular weight is 263 g/mol. The minimum Gasteiger partial charge on any atom is -0.372 e. The summed E-state index contributed by atoms with van der Waals surface area (Å²) in [6.07, 6.45) is 7.78. The van der Waals surface area contributed by atoms with Crippen LogP contribution in [-0.4, -0.2) is 10.4 Å². The molecule has 18 heavy (non-hydrogen) atoms. The monoisotopic (exact) mass is 263 g/mol. The van der Waals surface area contributed by atoms with Crippen LogP contribution >= 0.6 is 11.5 Å². The van der Waals surface area contributed by atoms with Crippen LogP contribution in [0.1, 0.15) is 56.7 Å². The van der Waals surface area contributed by atoms with Gasteiger partial charge in [-0.1, -0.05) is 19.8 Å². The lowest BCUT2D eigenvalue weighted by molar-refractivity contribution is 0.319. The number of aryl methyl sites for hydroxylation is 1. The number of rotatable bonds is 4. The third kappa shape index (κ3) is 3.02. The van der Waals surface area contributed by atoms with Gasteiger partial charge in [-0.25, -0.2) is 0 Å². The maximum absolute atomic E-state index is 9.11. The Morgan fingerprint density at radius 3 is 2.72 bits per heavy atom. The molecule has 0 amide bonds. The molecule has 2 rings (SSSR count). The van der Waals surface area contributed by atoms with Gasteiger partial charge in [0.05, 0.1) is 5.69 Å². The Kier molecular flexibility index (Phi) is 4.60. The largest absolute Gasteiger partial charge is 0.372 e. The zero-order chi connectivity index (χ0) is 13.0. The first-order chi connectivity index (χ1) is 8.74. The molecule has 0 unspecified atom stereocenters. The van der Waals surface area contributed by atoms with Crippen LogP contribution in [0.15, 0.2) is 0 Å². The molecule has 0 aromatic carbocycles. The maximum Gasteiger partial charge on any atom is 0.127 e. The van der Waals surface area contributed by atoms with Crippen molar-refractivity contribution in [3.8, 4) is 6.07 Å². The van der Waals surface area contributed by atoms with Crippen molar-refractivity contribution in [2.24, 2.45) is 5.92 Å². The molecule has 3 nitrogen and oxygen atoms in total. The first kappa shape index (κ1) is 13.4. The van der Waals surface area contributed by atoms with Crippen LogP contribution in [0, 0.1) is 24.2 Å². The van der Waals surface area contributed by atoms with Gasteiger partial charge < -0.3 is 5.32 Å². The second-order valence-electron chi connectivity index (χ2n) is 5.23. The summed E-state index contributed by atoms with van der Waals surface area (Å²) >= 11 is 1.42. The van der Waals surface area contributed by atoms with Gasteiger partial charge in [0.15, 0.2) is 0 Å². The molecule has 1 aromatic heterocycles. The molecule has 98 valence electrons. The summed E-state index contributed by atoms with van der Waals surface area (Å²) in [6, 6.07) is 2.78. The molecule has 1 aromatic rings. The molecule has 0 saturated heterocycles. The zero-order valence-electron chi connectivity index (χ0n) is 11.2. The number of hydrogen-bond donors (Lipinski definition) is 1. The summed E-state index contributed by atoms with van der Waals surface area (Å²) in [7, 11) is 0. The molecule has 4 heteroatoms. The standard InChI is InChI=1S/C14H21N3S/c1-3-4-11-5-7-12(8-6-11)16-14-13(9-15)10(2)17-18-14/h11-12,16H,3-8H2,1-2H3. The molecule has 1 heterocycles. The van der Waals surface area contributed by atoms with Crippen molar-refractivity contribution >= 4 is 16.5 Å². The van der Waals surface area contributed by atoms with E-state index in [0.717, 1.165) is 22.2 Å². The minimum atomic E-state index is 0.532. The fraction of sp³-hybridized carbons (Fsp3) is 0.714. The van der Waals surface area contributed by atoms with E-state index in [0.29, 0.717) is 6.04 Å². The average Bonchev–Trinajstić information content (AvgIpc) is 2.72. The molecule has 1 saturated carbocycles. The smallest absolute Gasteiger partial charge is 0.127 e. The van der Waals surface area contributed by atoms with Crippen molar-refractivity contribution in [3.05, 3.63) is 11.3 Å². The van der Waals surface area contributed by atoms with Crippen LogP contribution in [0.4, 0.5) is 5.00 Å². The highest BCUT2D eigenvalue weighted by Gasteiger charge is 2.22. The highest BCUT2D eigenvalue weighted by molar-refractivity contribution is 7.10. The Balaban J connectivity index is 1.90. The molecular formula is C14H21N3S. The van der Waals surface area contributed by atoms with E-state index in [2.05, 4.69) is 22.7 Å². The maximum atomic E-state index is 9.11. The quantitative estimate of drug-likeness (QED) is 0.890. The zero-order valence-corrected chi connectivity index (χ0v) is 12.0. The van der Waals surface area contributed by atoms with Crippen LogP contribution in [-0.2, 0) is 0 Å². The lowest BCUT2D eigenvalue weighted by Gasteiger charge is -2.29. The summed E-state index contributed by atoms with van der Waals surface area (Å²) in [6.45, 7) is 4.17. The van der Waals surface area contributed by atoms with E-state index in [1.807, 2.05) is 6.92 Å². The van der Waals surface area contributed by atoms with E-state index in [9.17, 15) is 0 Å². The van der Waals surface area contributed by atoms with Gasteiger partial charge in [-0.3, -0.25) is 0 Å². The lowest BCUT2D eigenvalue weighted by Crippen LogP contribution is -2.26. The SMILES string of the molecule is CCCC1CCC(Nc2snc(C)c2C#N)CC1. The fourth-order valence-electron chi connectivity index (χ4n) is 2.79. The first-order valence-electron chi connectivity index (χ1n) is 6.87. The van der Waals surface area contributed by atoms with Gasteiger partial charge in [-0.05, 0) is 50.1 Å². The molecule has 1 fully saturated rings. The minimum absolute atomic E-state index is 0.532. The predicted molar refractivity (Wildman–Crippen MR) is 75.8 cm³/mol. The number of anilines is 1. The summed E-state index contributed by atoms with van der Waals surface area (Å²) in [4.78, 5) is 0. The Labute approximate surface area is 113 Å². The molecule has 0 bridgehead atoms. The first-order valence-corrected chi connectivity index (χ1v) is 7.64.